The van der Waals surface area contributed by atoms with Gasteiger partial charge in [0.05, 0.1) is 5.69 Å². The van der Waals surface area contributed by atoms with Crippen LogP contribution >= 0.6 is 23.4 Å². The topological polar surface area (TPSA) is 40.6 Å². The fourth-order valence-electron chi connectivity index (χ4n) is 4.10. The Morgan fingerprint density at radius 1 is 0.933 bits per heavy atom. The summed E-state index contributed by atoms with van der Waals surface area (Å²) in [5.74, 6) is -0.532. The van der Waals surface area contributed by atoms with Crippen LogP contribution in [0.25, 0.3) is 0 Å². The second kappa shape index (κ2) is 8.86. The van der Waals surface area contributed by atoms with Gasteiger partial charge in [0.2, 0.25) is 0 Å². The van der Waals surface area contributed by atoms with Crippen LogP contribution in [0.5, 0.6) is 0 Å². The number of aryl methyl sites for hydroxylation is 1. The Hall–Kier alpha value is -2.24. The van der Waals surface area contributed by atoms with Crippen molar-refractivity contribution in [1.82, 2.24) is 4.90 Å². The van der Waals surface area contributed by atoms with E-state index in [9.17, 15) is 9.59 Å². The minimum absolute atomic E-state index is 0.259. The number of hydrogen-bond acceptors (Lipinski definition) is 4. The van der Waals surface area contributed by atoms with Crippen LogP contribution in [0.2, 0.25) is 5.02 Å². The molecule has 30 heavy (non-hydrogen) atoms. The molecule has 0 saturated heterocycles. The lowest BCUT2D eigenvalue weighted by atomic mass is 9.94. The van der Waals surface area contributed by atoms with Gasteiger partial charge in [-0.25, -0.2) is 4.90 Å². The van der Waals surface area contributed by atoms with Crippen LogP contribution in [0.1, 0.15) is 37.7 Å². The van der Waals surface area contributed by atoms with Gasteiger partial charge in [-0.15, -0.1) is 0 Å². The summed E-state index contributed by atoms with van der Waals surface area (Å²) in [5, 5.41) is 0.569. The molecule has 156 valence electrons. The number of carbonyl (C=O) groups excluding carboxylic acids is 2. The Balaban J connectivity index is 1.72. The zero-order chi connectivity index (χ0) is 21.3. The molecule has 0 aromatic heterocycles. The van der Waals surface area contributed by atoms with E-state index in [1.54, 1.807) is 24.3 Å². The monoisotopic (exact) mass is 440 g/mol. The number of halogens is 1. The van der Waals surface area contributed by atoms with Gasteiger partial charge in [0.1, 0.15) is 10.6 Å². The smallest absolute Gasteiger partial charge is 0.283 e. The highest BCUT2D eigenvalue weighted by atomic mass is 35.5. The van der Waals surface area contributed by atoms with E-state index in [1.165, 1.54) is 23.1 Å². The predicted molar refractivity (Wildman–Crippen MR) is 123 cm³/mol. The molecule has 2 aromatic rings. The van der Waals surface area contributed by atoms with E-state index in [2.05, 4.69) is 0 Å². The summed E-state index contributed by atoms with van der Waals surface area (Å²) in [5.41, 5.74) is 2.21. The third-order valence-electron chi connectivity index (χ3n) is 5.82. The second-order valence-electron chi connectivity index (χ2n) is 7.92. The predicted octanol–water partition coefficient (Wildman–Crippen LogP) is 5.79. The molecule has 2 aliphatic rings. The van der Waals surface area contributed by atoms with Gasteiger partial charge in [-0.05, 0) is 56.2 Å². The Morgan fingerprint density at radius 2 is 1.57 bits per heavy atom. The second-order valence-corrected chi connectivity index (χ2v) is 9.44. The standard InChI is InChI=1S/C24H25ClN2O2S/c1-16-8-14-20(15-9-16)30-22-21(26(2)18-6-4-3-5-7-18)23(28)27(24(22)29)19-12-10-17(25)11-13-19/h8-15,18H,3-7H2,1-2H3. The highest BCUT2D eigenvalue weighted by Gasteiger charge is 2.43. The number of hydrogen-bond donors (Lipinski definition) is 0. The minimum Gasteiger partial charge on any atom is -0.366 e. The molecule has 1 aliphatic heterocycles. The number of carbonyl (C=O) groups is 2. The summed E-state index contributed by atoms with van der Waals surface area (Å²) in [6.07, 6.45) is 5.64. The molecule has 6 heteroatoms. The first kappa shape index (κ1) is 21.0. The number of nitrogens with zero attached hydrogens (tertiary/aromatic N) is 2. The molecular weight excluding hydrogens is 416 g/mol. The molecule has 0 bridgehead atoms. The van der Waals surface area contributed by atoms with Crippen molar-refractivity contribution >= 4 is 40.9 Å². The van der Waals surface area contributed by atoms with Crippen molar-refractivity contribution in [2.24, 2.45) is 0 Å². The van der Waals surface area contributed by atoms with E-state index < -0.39 is 0 Å². The van der Waals surface area contributed by atoms with Gasteiger partial charge in [0, 0.05) is 23.0 Å². The van der Waals surface area contributed by atoms with Gasteiger partial charge in [-0.3, -0.25) is 9.59 Å². The summed E-state index contributed by atoms with van der Waals surface area (Å²) in [7, 11) is 1.96. The van der Waals surface area contributed by atoms with Crippen molar-refractivity contribution in [3.8, 4) is 0 Å². The Bertz CT molecular complexity index is 979. The number of rotatable bonds is 5. The minimum atomic E-state index is -0.273. The van der Waals surface area contributed by atoms with Gasteiger partial charge >= 0.3 is 0 Å². The van der Waals surface area contributed by atoms with Crippen LogP contribution in [0.4, 0.5) is 5.69 Å². The number of likely N-dealkylation sites (N-methyl/N-ethyl adjacent to an activating group) is 1. The first-order valence-electron chi connectivity index (χ1n) is 10.3. The van der Waals surface area contributed by atoms with Crippen molar-refractivity contribution < 1.29 is 9.59 Å². The van der Waals surface area contributed by atoms with Crippen LogP contribution in [-0.4, -0.2) is 29.8 Å². The first-order valence-corrected chi connectivity index (χ1v) is 11.5. The molecule has 4 nitrogen and oxygen atoms in total. The van der Waals surface area contributed by atoms with E-state index in [0.717, 1.165) is 36.1 Å². The van der Waals surface area contributed by atoms with Crippen molar-refractivity contribution in [3.63, 3.8) is 0 Å². The highest BCUT2D eigenvalue weighted by Crippen LogP contribution is 2.40. The number of anilines is 1. The lowest BCUT2D eigenvalue weighted by molar-refractivity contribution is -0.121. The normalized spacial score (nSPS) is 17.8. The average molecular weight is 441 g/mol. The van der Waals surface area contributed by atoms with Crippen molar-refractivity contribution in [3.05, 3.63) is 69.7 Å². The van der Waals surface area contributed by atoms with E-state index in [4.69, 9.17) is 11.6 Å². The summed E-state index contributed by atoms with van der Waals surface area (Å²) in [6, 6.07) is 15.1. The summed E-state index contributed by atoms with van der Waals surface area (Å²) < 4.78 is 0. The number of imide groups is 1. The van der Waals surface area contributed by atoms with Crippen LogP contribution in [0.3, 0.4) is 0 Å². The molecule has 0 N–H and O–H groups in total. The summed E-state index contributed by atoms with van der Waals surface area (Å²) in [6.45, 7) is 2.03. The molecule has 1 fully saturated rings. The zero-order valence-electron chi connectivity index (χ0n) is 17.2. The summed E-state index contributed by atoms with van der Waals surface area (Å²) in [4.78, 5) is 31.7. The molecule has 1 heterocycles. The van der Waals surface area contributed by atoms with Gasteiger partial charge < -0.3 is 4.90 Å². The maximum absolute atomic E-state index is 13.5. The third-order valence-corrected chi connectivity index (χ3v) is 7.15. The average Bonchev–Trinajstić information content (AvgIpc) is 3.00. The molecule has 0 unspecified atom stereocenters. The lowest BCUT2D eigenvalue weighted by Crippen LogP contribution is -2.38. The van der Waals surface area contributed by atoms with Crippen LogP contribution in [0.15, 0.2) is 64.0 Å². The van der Waals surface area contributed by atoms with Crippen molar-refractivity contribution in [1.29, 1.82) is 0 Å². The largest absolute Gasteiger partial charge is 0.366 e. The fourth-order valence-corrected chi connectivity index (χ4v) is 5.24. The van der Waals surface area contributed by atoms with Crippen LogP contribution < -0.4 is 4.90 Å². The maximum Gasteiger partial charge on any atom is 0.283 e. The number of benzene rings is 2. The lowest BCUT2D eigenvalue weighted by Gasteiger charge is -2.33. The van der Waals surface area contributed by atoms with Gasteiger partial charge in [-0.2, -0.15) is 0 Å². The molecule has 0 atom stereocenters. The van der Waals surface area contributed by atoms with Crippen LogP contribution in [-0.2, 0) is 9.59 Å². The molecule has 1 saturated carbocycles. The first-order chi connectivity index (χ1) is 14.5. The zero-order valence-corrected chi connectivity index (χ0v) is 18.8. The Labute approximate surface area is 186 Å². The maximum atomic E-state index is 13.5. The highest BCUT2D eigenvalue weighted by molar-refractivity contribution is 8.04. The van der Waals surface area contributed by atoms with Gasteiger partial charge in [0.15, 0.2) is 0 Å². The van der Waals surface area contributed by atoms with Crippen molar-refractivity contribution in [2.75, 3.05) is 11.9 Å². The molecule has 0 spiro atoms. The van der Waals surface area contributed by atoms with Gasteiger partial charge in [0.25, 0.3) is 11.8 Å². The molecule has 1 aliphatic carbocycles. The van der Waals surface area contributed by atoms with Gasteiger partial charge in [-0.1, -0.05) is 60.3 Å². The Morgan fingerprint density at radius 3 is 2.20 bits per heavy atom. The third kappa shape index (κ3) is 4.14. The molecule has 2 amide bonds. The van der Waals surface area contributed by atoms with Crippen molar-refractivity contribution in [2.45, 2.75) is 50.0 Å². The van der Waals surface area contributed by atoms with E-state index in [1.807, 2.05) is 43.1 Å². The van der Waals surface area contributed by atoms with Crippen LogP contribution in [0, 0.1) is 6.92 Å². The molecule has 4 rings (SSSR count). The SMILES string of the molecule is Cc1ccc(SC2=C(N(C)C3CCCCC3)C(=O)N(c3ccc(Cl)cc3)C2=O)cc1. The molecule has 2 aromatic carbocycles. The number of thioether (sulfide) groups is 1. The van der Waals surface area contributed by atoms with E-state index in [0.29, 0.717) is 21.3 Å². The quantitative estimate of drug-likeness (QED) is 0.551. The Kier molecular flexibility index (Phi) is 6.21. The van der Waals surface area contributed by atoms with E-state index >= 15 is 0 Å². The molecular formula is C24H25ClN2O2S. The van der Waals surface area contributed by atoms with E-state index in [-0.39, 0.29) is 17.9 Å². The summed E-state index contributed by atoms with van der Waals surface area (Å²) >= 11 is 7.38. The fraction of sp³-hybridized carbons (Fsp3) is 0.333. The number of amides is 2. The molecule has 0 radical (unpaired) electrons.